The van der Waals surface area contributed by atoms with Crippen LogP contribution in [0.2, 0.25) is 0 Å². The molecule has 4 aliphatic rings. The molecule has 0 radical (unpaired) electrons. The first-order valence-electron chi connectivity index (χ1n) is 11.9. The van der Waals surface area contributed by atoms with Crippen LogP contribution in [-0.4, -0.2) is 29.4 Å². The van der Waals surface area contributed by atoms with Crippen LogP contribution in [0, 0.1) is 17.8 Å². The number of carbonyl (C=O) groups is 1. The van der Waals surface area contributed by atoms with E-state index in [1.807, 2.05) is 18.2 Å². The van der Waals surface area contributed by atoms with Gasteiger partial charge in [-0.15, -0.1) is 0 Å². The molecule has 168 valence electrons. The Hall–Kier alpha value is -2.59. The maximum Gasteiger partial charge on any atom is 0.335 e. The molecule has 32 heavy (non-hydrogen) atoms. The van der Waals surface area contributed by atoms with E-state index >= 15 is 0 Å². The van der Waals surface area contributed by atoms with Crippen LogP contribution in [0.25, 0.3) is 12.2 Å². The molecule has 0 unspecified atom stereocenters. The molecule has 4 saturated carbocycles. The van der Waals surface area contributed by atoms with Crippen LogP contribution in [0.1, 0.15) is 72.0 Å². The van der Waals surface area contributed by atoms with Gasteiger partial charge in [0.05, 0.1) is 12.2 Å². The minimum Gasteiger partial charge on any atom is -0.493 e. The van der Waals surface area contributed by atoms with Crippen molar-refractivity contribution >= 4 is 18.1 Å². The van der Waals surface area contributed by atoms with Gasteiger partial charge in [0.1, 0.15) is 5.75 Å². The molecule has 0 spiro atoms. The maximum atomic E-state index is 11.1. The summed E-state index contributed by atoms with van der Waals surface area (Å²) in [5, 5.41) is 18.3. The van der Waals surface area contributed by atoms with E-state index in [1.54, 1.807) is 12.1 Å². The number of hydrogen-bond acceptors (Lipinski definition) is 3. The molecule has 0 saturated heterocycles. The van der Waals surface area contributed by atoms with E-state index in [4.69, 9.17) is 9.84 Å². The molecule has 4 bridgehead atoms. The Labute approximate surface area is 189 Å². The van der Waals surface area contributed by atoms with Gasteiger partial charge in [0, 0.05) is 18.6 Å². The second-order valence-corrected chi connectivity index (χ2v) is 10.1. The summed E-state index contributed by atoms with van der Waals surface area (Å²) < 4.78 is 6.24. The summed E-state index contributed by atoms with van der Waals surface area (Å²) in [7, 11) is 0. The second kappa shape index (κ2) is 8.74. The molecule has 0 amide bonds. The molecule has 4 fully saturated rings. The van der Waals surface area contributed by atoms with Crippen molar-refractivity contribution in [3.8, 4) is 5.75 Å². The Balaban J connectivity index is 1.42. The Bertz CT molecular complexity index is 969. The van der Waals surface area contributed by atoms with Crippen molar-refractivity contribution < 1.29 is 19.7 Å². The predicted molar refractivity (Wildman–Crippen MR) is 126 cm³/mol. The van der Waals surface area contributed by atoms with Crippen LogP contribution in [-0.2, 0) is 5.41 Å². The number of carboxylic acids is 1. The van der Waals surface area contributed by atoms with Gasteiger partial charge in [-0.2, -0.15) is 0 Å². The fourth-order valence-electron chi connectivity index (χ4n) is 6.82. The normalized spacial score (nSPS) is 28.3. The van der Waals surface area contributed by atoms with Gasteiger partial charge in [-0.3, -0.25) is 0 Å². The molecule has 2 aromatic rings. The molecular weight excluding hydrogens is 400 g/mol. The van der Waals surface area contributed by atoms with Crippen molar-refractivity contribution in [2.75, 3.05) is 13.2 Å². The largest absolute Gasteiger partial charge is 0.493 e. The quantitative estimate of drug-likeness (QED) is 0.410. The molecule has 2 aromatic carbocycles. The number of carboxylic acid groups (broad SMARTS) is 1. The molecule has 0 atom stereocenters. The van der Waals surface area contributed by atoms with Gasteiger partial charge in [-0.25, -0.2) is 4.79 Å². The summed E-state index contributed by atoms with van der Waals surface area (Å²) in [6.07, 6.45) is 12.8. The number of aromatic carboxylic acids is 1. The monoisotopic (exact) mass is 432 g/mol. The summed E-state index contributed by atoms with van der Waals surface area (Å²) in [6.45, 7) is 0.665. The number of aliphatic hydroxyl groups is 1. The van der Waals surface area contributed by atoms with Crippen LogP contribution in [0.5, 0.6) is 5.75 Å². The molecule has 6 rings (SSSR count). The highest BCUT2D eigenvalue weighted by atomic mass is 16.5. The summed E-state index contributed by atoms with van der Waals surface area (Å²) in [6, 6.07) is 13.5. The Morgan fingerprint density at radius 1 is 0.938 bits per heavy atom. The molecule has 4 nitrogen and oxygen atoms in total. The summed E-state index contributed by atoms with van der Waals surface area (Å²) in [5.41, 5.74) is 3.96. The van der Waals surface area contributed by atoms with Gasteiger partial charge in [0.25, 0.3) is 0 Å². The van der Waals surface area contributed by atoms with E-state index in [9.17, 15) is 9.90 Å². The highest BCUT2D eigenvalue weighted by Crippen LogP contribution is 2.61. The van der Waals surface area contributed by atoms with Crippen molar-refractivity contribution in [2.24, 2.45) is 17.8 Å². The Morgan fingerprint density at radius 2 is 1.53 bits per heavy atom. The fraction of sp³-hybridized carbons (Fsp3) is 0.464. The highest BCUT2D eigenvalue weighted by molar-refractivity contribution is 5.88. The zero-order valence-electron chi connectivity index (χ0n) is 18.5. The topological polar surface area (TPSA) is 66.8 Å². The zero-order chi connectivity index (χ0) is 22.1. The number of aliphatic hydroxyl groups excluding tert-OH is 1. The number of rotatable bonds is 8. The summed E-state index contributed by atoms with van der Waals surface area (Å²) >= 11 is 0. The molecule has 0 aliphatic heterocycles. The zero-order valence-corrected chi connectivity index (χ0v) is 18.5. The van der Waals surface area contributed by atoms with Crippen molar-refractivity contribution in [3.63, 3.8) is 0 Å². The molecule has 0 aromatic heterocycles. The average molecular weight is 433 g/mol. The van der Waals surface area contributed by atoms with E-state index in [1.165, 1.54) is 44.1 Å². The molecule has 0 heterocycles. The average Bonchev–Trinajstić information content (AvgIpc) is 2.77. The first-order valence-corrected chi connectivity index (χ1v) is 11.9. The van der Waals surface area contributed by atoms with Crippen LogP contribution in [0.3, 0.4) is 0 Å². The second-order valence-electron chi connectivity index (χ2n) is 10.1. The first-order chi connectivity index (χ1) is 15.5. The molecule has 4 heteroatoms. The van der Waals surface area contributed by atoms with Gasteiger partial charge in [-0.1, -0.05) is 36.4 Å². The van der Waals surface area contributed by atoms with Crippen molar-refractivity contribution in [3.05, 3.63) is 64.7 Å². The van der Waals surface area contributed by atoms with Gasteiger partial charge < -0.3 is 14.9 Å². The number of ether oxygens (including phenoxy) is 1. The molecule has 4 aliphatic carbocycles. The van der Waals surface area contributed by atoms with Gasteiger partial charge in [0.2, 0.25) is 0 Å². The fourth-order valence-corrected chi connectivity index (χ4v) is 6.82. The third-order valence-electron chi connectivity index (χ3n) is 7.80. The van der Waals surface area contributed by atoms with Crippen molar-refractivity contribution in [1.29, 1.82) is 0 Å². The van der Waals surface area contributed by atoms with E-state index < -0.39 is 5.97 Å². The lowest BCUT2D eigenvalue weighted by Crippen LogP contribution is -2.48. The van der Waals surface area contributed by atoms with Gasteiger partial charge >= 0.3 is 5.97 Å². The number of benzene rings is 2. The summed E-state index contributed by atoms with van der Waals surface area (Å²) in [4.78, 5) is 11.1. The maximum absolute atomic E-state index is 11.1. The van der Waals surface area contributed by atoms with E-state index in [0.29, 0.717) is 18.6 Å². The lowest BCUT2D eigenvalue weighted by Gasteiger charge is -2.57. The Morgan fingerprint density at radius 3 is 2.12 bits per heavy atom. The minimum atomic E-state index is -0.912. The van der Waals surface area contributed by atoms with Crippen LogP contribution >= 0.6 is 0 Å². The van der Waals surface area contributed by atoms with E-state index in [2.05, 4.69) is 24.3 Å². The van der Waals surface area contributed by atoms with Gasteiger partial charge in [0.15, 0.2) is 0 Å². The lowest BCUT2D eigenvalue weighted by molar-refractivity contribution is -0.00642. The standard InChI is InChI=1S/C28H32O4/c29-10-1-11-32-26-15-20(3-2-19-4-7-24(8-5-19)27(30)31)6-9-25(26)28-16-21-12-22(17-28)14-23(13-21)18-28/h2-9,15,21-23,29H,1,10-14,16-18H2,(H,30,31). The highest BCUT2D eigenvalue weighted by Gasteiger charge is 2.52. The van der Waals surface area contributed by atoms with E-state index in [-0.39, 0.29) is 12.0 Å². The van der Waals surface area contributed by atoms with Crippen LogP contribution < -0.4 is 4.74 Å². The van der Waals surface area contributed by atoms with Crippen LogP contribution in [0.4, 0.5) is 0 Å². The minimum absolute atomic E-state index is 0.138. The first kappa shape index (κ1) is 21.3. The Kier molecular flexibility index (Phi) is 5.81. The third-order valence-corrected chi connectivity index (χ3v) is 7.80. The van der Waals surface area contributed by atoms with Gasteiger partial charge in [-0.05, 0) is 91.0 Å². The predicted octanol–water partition coefficient (Wildman–Crippen LogP) is 5.78. The molecule has 2 N–H and O–H groups in total. The third kappa shape index (κ3) is 4.21. The SMILES string of the molecule is O=C(O)c1ccc(C=Cc2ccc(C34CC5CC(CC(C5)C3)C4)c(OCCCO)c2)cc1. The van der Waals surface area contributed by atoms with Crippen molar-refractivity contribution in [2.45, 2.75) is 50.4 Å². The van der Waals surface area contributed by atoms with Crippen molar-refractivity contribution in [1.82, 2.24) is 0 Å². The lowest BCUT2D eigenvalue weighted by atomic mass is 9.48. The smallest absolute Gasteiger partial charge is 0.335 e. The summed E-state index contributed by atoms with van der Waals surface area (Å²) in [5.74, 6) is 2.69. The number of hydrogen-bond donors (Lipinski definition) is 2. The van der Waals surface area contributed by atoms with Crippen LogP contribution in [0.15, 0.2) is 42.5 Å². The van der Waals surface area contributed by atoms with E-state index in [0.717, 1.165) is 34.6 Å². The molecular formula is C28H32O4.